The lowest BCUT2D eigenvalue weighted by atomic mass is 10.1. The summed E-state index contributed by atoms with van der Waals surface area (Å²) in [5.41, 5.74) is 0.527. The third-order valence-electron chi connectivity index (χ3n) is 4.35. The van der Waals surface area contributed by atoms with Crippen molar-refractivity contribution in [1.29, 1.82) is 0 Å². The van der Waals surface area contributed by atoms with Gasteiger partial charge in [-0.2, -0.15) is 0 Å². The fourth-order valence-electron chi connectivity index (χ4n) is 2.80. The summed E-state index contributed by atoms with van der Waals surface area (Å²) in [5.74, 6) is 12.1. The molecule has 1 aliphatic rings. The predicted octanol–water partition coefficient (Wildman–Crippen LogP) is 3.62. The molecule has 0 atom stereocenters. The maximum absolute atomic E-state index is 11.6. The van der Waals surface area contributed by atoms with Gasteiger partial charge in [-0.3, -0.25) is 0 Å². The fourth-order valence-corrected chi connectivity index (χ4v) is 2.80. The topological polar surface area (TPSA) is 83.3 Å². The van der Waals surface area contributed by atoms with Crippen LogP contribution >= 0.6 is 0 Å². The largest absolute Gasteiger partial charge is 0.481 e. The minimum atomic E-state index is -0.598. The zero-order valence-corrected chi connectivity index (χ0v) is 16.7. The molecule has 1 saturated heterocycles. The summed E-state index contributed by atoms with van der Waals surface area (Å²) in [4.78, 5) is 11.6. The number of hydrogen-bond donors (Lipinski definition) is 1. The van der Waals surface area contributed by atoms with Crippen LogP contribution in [0.25, 0.3) is 0 Å². The molecule has 0 aliphatic carbocycles. The number of carbonyl (C=O) groups is 1. The summed E-state index contributed by atoms with van der Waals surface area (Å²) in [6, 6.07) is 6.86. The van der Waals surface area contributed by atoms with E-state index in [1.165, 1.54) is 0 Å². The van der Waals surface area contributed by atoms with Crippen LogP contribution in [0.15, 0.2) is 24.3 Å². The summed E-state index contributed by atoms with van der Waals surface area (Å²) in [7, 11) is 0. The number of ether oxygens (including phenoxy) is 4. The van der Waals surface area contributed by atoms with Gasteiger partial charge in [0.05, 0.1) is 25.5 Å². The summed E-state index contributed by atoms with van der Waals surface area (Å²) >= 11 is 0. The Morgan fingerprint density at radius 3 is 2.57 bits per heavy atom. The van der Waals surface area contributed by atoms with Crippen LogP contribution in [0.2, 0.25) is 0 Å². The number of benzene rings is 1. The molecular weight excluding hydrogens is 360 g/mol. The van der Waals surface area contributed by atoms with Gasteiger partial charge in [0.1, 0.15) is 12.4 Å². The van der Waals surface area contributed by atoms with Crippen LogP contribution in [0.5, 0.6) is 5.75 Å². The van der Waals surface area contributed by atoms with Gasteiger partial charge in [0.2, 0.25) is 0 Å². The van der Waals surface area contributed by atoms with Gasteiger partial charge in [-0.25, -0.2) is 15.6 Å². The van der Waals surface area contributed by atoms with Crippen molar-refractivity contribution in [3.8, 4) is 17.6 Å². The van der Waals surface area contributed by atoms with Gasteiger partial charge < -0.3 is 18.9 Å². The van der Waals surface area contributed by atoms with Crippen molar-refractivity contribution in [3.63, 3.8) is 0 Å². The number of rotatable bonds is 9. The number of unbranched alkanes of at least 4 members (excludes halogenated alkanes) is 3. The van der Waals surface area contributed by atoms with E-state index in [0.29, 0.717) is 31.3 Å². The molecule has 7 heteroatoms. The van der Waals surface area contributed by atoms with Crippen molar-refractivity contribution in [3.05, 3.63) is 24.3 Å². The molecule has 1 fully saturated rings. The normalized spacial score (nSPS) is 14.8. The average molecular weight is 390 g/mol. The highest BCUT2D eigenvalue weighted by molar-refractivity contribution is 5.86. The smallest absolute Gasteiger partial charge is 0.428 e. The van der Waals surface area contributed by atoms with Crippen LogP contribution in [0.1, 0.15) is 46.0 Å². The molecule has 1 aliphatic heterocycles. The van der Waals surface area contributed by atoms with E-state index in [-0.39, 0.29) is 12.4 Å². The number of hydrogen-bond acceptors (Lipinski definition) is 6. The third kappa shape index (κ3) is 7.39. The molecule has 1 heterocycles. The average Bonchev–Trinajstić information content (AvgIpc) is 3.13. The van der Waals surface area contributed by atoms with E-state index in [4.69, 9.17) is 24.8 Å². The zero-order valence-electron chi connectivity index (χ0n) is 16.7. The summed E-state index contributed by atoms with van der Waals surface area (Å²) in [6.07, 6.45) is 4.41. The van der Waals surface area contributed by atoms with Gasteiger partial charge in [-0.15, -0.1) is 0 Å². The Balaban J connectivity index is 1.58. The lowest BCUT2D eigenvalue weighted by Gasteiger charge is -2.21. The minimum Gasteiger partial charge on any atom is -0.481 e. The van der Waals surface area contributed by atoms with E-state index in [9.17, 15) is 4.79 Å². The standard InChI is InChI=1S/C21H30N2O5/c1-3-25-20(24)23(22)18-10-12-19(13-11-18)26-15-9-7-5-4-6-8-14-21(2)27-16-17-28-21/h10-13H,3-6,8,14-17,22H2,1-2H3. The first kappa shape index (κ1) is 22.0. The van der Waals surface area contributed by atoms with Gasteiger partial charge in [0.15, 0.2) is 5.79 Å². The Kier molecular flexibility index (Phi) is 9.08. The Labute approximate surface area is 167 Å². The van der Waals surface area contributed by atoms with Gasteiger partial charge >= 0.3 is 6.09 Å². The number of amides is 1. The first-order valence-corrected chi connectivity index (χ1v) is 9.72. The molecule has 0 bridgehead atoms. The Hall–Kier alpha value is -2.27. The maximum atomic E-state index is 11.6. The summed E-state index contributed by atoms with van der Waals surface area (Å²) in [6.45, 7) is 5.72. The molecule has 0 radical (unpaired) electrons. The van der Waals surface area contributed by atoms with Gasteiger partial charge in [-0.05, 0) is 51.0 Å². The fraction of sp³-hybridized carbons (Fsp3) is 0.571. The summed E-state index contributed by atoms with van der Waals surface area (Å²) in [5, 5.41) is 0.957. The van der Waals surface area contributed by atoms with E-state index in [1.807, 2.05) is 6.92 Å². The second-order valence-corrected chi connectivity index (χ2v) is 6.60. The predicted molar refractivity (Wildman–Crippen MR) is 107 cm³/mol. The molecule has 7 nitrogen and oxygen atoms in total. The highest BCUT2D eigenvalue weighted by Gasteiger charge is 2.29. The molecule has 28 heavy (non-hydrogen) atoms. The second kappa shape index (κ2) is 11.5. The van der Waals surface area contributed by atoms with E-state index in [0.717, 1.165) is 37.1 Å². The van der Waals surface area contributed by atoms with Gasteiger partial charge in [0.25, 0.3) is 0 Å². The SMILES string of the molecule is CCOC(=O)N(N)c1ccc(OCC#CCCCCCC2(C)OCCO2)cc1. The minimum absolute atomic E-state index is 0.272. The van der Waals surface area contributed by atoms with Crippen molar-refractivity contribution in [2.75, 3.05) is 31.4 Å². The molecule has 0 unspecified atom stereocenters. The number of carbonyl (C=O) groups excluding carboxylic acids is 1. The molecule has 0 aromatic heterocycles. The van der Waals surface area contributed by atoms with Gasteiger partial charge in [-0.1, -0.05) is 18.3 Å². The number of nitrogens with two attached hydrogens (primary N) is 1. The van der Waals surface area contributed by atoms with Crippen molar-refractivity contribution in [1.82, 2.24) is 0 Å². The number of anilines is 1. The Bertz CT molecular complexity index is 660. The first-order chi connectivity index (χ1) is 13.5. The van der Waals surface area contributed by atoms with Crippen molar-refractivity contribution < 1.29 is 23.7 Å². The third-order valence-corrected chi connectivity index (χ3v) is 4.35. The Morgan fingerprint density at radius 2 is 1.89 bits per heavy atom. The molecule has 1 amide bonds. The molecule has 2 N–H and O–H groups in total. The van der Waals surface area contributed by atoms with Crippen LogP contribution in [-0.4, -0.2) is 38.3 Å². The highest BCUT2D eigenvalue weighted by Crippen LogP contribution is 2.25. The van der Waals surface area contributed by atoms with Gasteiger partial charge in [0, 0.05) is 12.8 Å². The van der Waals surface area contributed by atoms with Crippen LogP contribution < -0.4 is 15.6 Å². The second-order valence-electron chi connectivity index (χ2n) is 6.60. The maximum Gasteiger partial charge on any atom is 0.428 e. The number of hydrazine groups is 1. The van der Waals surface area contributed by atoms with E-state index < -0.39 is 6.09 Å². The Morgan fingerprint density at radius 1 is 1.18 bits per heavy atom. The first-order valence-electron chi connectivity index (χ1n) is 9.72. The van der Waals surface area contributed by atoms with E-state index >= 15 is 0 Å². The molecular formula is C21H30N2O5. The lowest BCUT2D eigenvalue weighted by Crippen LogP contribution is -2.37. The summed E-state index contributed by atoms with van der Waals surface area (Å²) < 4.78 is 21.6. The molecule has 1 aromatic rings. The molecule has 0 saturated carbocycles. The van der Waals surface area contributed by atoms with Crippen LogP contribution in [-0.2, 0) is 14.2 Å². The monoisotopic (exact) mass is 390 g/mol. The van der Waals surface area contributed by atoms with Crippen LogP contribution in [0, 0.1) is 11.8 Å². The zero-order chi connectivity index (χ0) is 20.2. The number of nitrogens with zero attached hydrogens (tertiary/aromatic N) is 1. The van der Waals surface area contributed by atoms with Crippen molar-refractivity contribution in [2.45, 2.75) is 51.7 Å². The lowest BCUT2D eigenvalue weighted by molar-refractivity contribution is -0.147. The van der Waals surface area contributed by atoms with Crippen LogP contribution in [0.4, 0.5) is 10.5 Å². The quantitative estimate of drug-likeness (QED) is 0.228. The van der Waals surface area contributed by atoms with E-state index in [2.05, 4.69) is 11.8 Å². The molecule has 1 aromatic carbocycles. The van der Waals surface area contributed by atoms with Crippen molar-refractivity contribution >= 4 is 11.8 Å². The molecule has 0 spiro atoms. The van der Waals surface area contributed by atoms with Crippen molar-refractivity contribution in [2.24, 2.45) is 5.84 Å². The molecule has 2 rings (SSSR count). The highest BCUT2D eigenvalue weighted by atomic mass is 16.7. The van der Waals surface area contributed by atoms with Crippen LogP contribution in [0.3, 0.4) is 0 Å². The van der Waals surface area contributed by atoms with E-state index in [1.54, 1.807) is 31.2 Å². The molecule has 154 valence electrons.